The maximum atomic E-state index is 12.5. The molecule has 1 atom stereocenters. The summed E-state index contributed by atoms with van der Waals surface area (Å²) in [4.78, 5) is 18.5. The Morgan fingerprint density at radius 3 is 2.71 bits per heavy atom. The van der Waals surface area contributed by atoms with Crippen molar-refractivity contribution in [2.75, 3.05) is 7.05 Å². The first kappa shape index (κ1) is 15.3. The number of hydrogen-bond donors (Lipinski definition) is 0. The molecule has 0 bridgehead atoms. The predicted octanol–water partition coefficient (Wildman–Crippen LogP) is 2.43. The van der Waals surface area contributed by atoms with Crippen LogP contribution in [-0.2, 0) is 17.8 Å². The van der Waals surface area contributed by atoms with Gasteiger partial charge in [0.15, 0.2) is 5.82 Å². The smallest absolute Gasteiger partial charge is 0.246 e. The Labute approximate surface area is 124 Å². The van der Waals surface area contributed by atoms with E-state index >= 15 is 0 Å². The Hall–Kier alpha value is -2.11. The Bertz CT molecular complexity index is 562. The lowest BCUT2D eigenvalue weighted by molar-refractivity contribution is -0.134. The SMILES string of the molecule is CCCc1noc(CN(C)C(=O)[C@H](CC)n2cccc2)n1. The minimum absolute atomic E-state index is 0.0453. The van der Waals surface area contributed by atoms with Crippen LogP contribution in [0, 0.1) is 0 Å². The minimum atomic E-state index is -0.192. The van der Waals surface area contributed by atoms with Gasteiger partial charge in [-0.1, -0.05) is 19.0 Å². The molecule has 2 aromatic rings. The van der Waals surface area contributed by atoms with Gasteiger partial charge in [0.2, 0.25) is 11.8 Å². The zero-order valence-electron chi connectivity index (χ0n) is 12.8. The first-order valence-corrected chi connectivity index (χ1v) is 7.34. The van der Waals surface area contributed by atoms with Gasteiger partial charge < -0.3 is 14.0 Å². The summed E-state index contributed by atoms with van der Waals surface area (Å²) in [6.45, 7) is 4.41. The van der Waals surface area contributed by atoms with Crippen molar-refractivity contribution in [3.63, 3.8) is 0 Å². The predicted molar refractivity (Wildman–Crippen MR) is 78.5 cm³/mol. The standard InChI is InChI=1S/C15H22N4O2/c1-4-8-13-16-14(21-17-13)11-18(3)15(20)12(5-2)19-9-6-7-10-19/h6-7,9-10,12H,4-5,8,11H2,1-3H3/t12-/m0/s1. The number of carbonyl (C=O) groups excluding carboxylic acids is 1. The highest BCUT2D eigenvalue weighted by Gasteiger charge is 2.22. The molecule has 0 aromatic carbocycles. The first-order chi connectivity index (χ1) is 10.2. The average molecular weight is 290 g/mol. The van der Waals surface area contributed by atoms with Crippen LogP contribution in [0.2, 0.25) is 0 Å². The van der Waals surface area contributed by atoms with E-state index in [0.717, 1.165) is 19.3 Å². The van der Waals surface area contributed by atoms with Crippen molar-refractivity contribution in [3.05, 3.63) is 36.2 Å². The fourth-order valence-corrected chi connectivity index (χ4v) is 2.28. The van der Waals surface area contributed by atoms with Crippen LogP contribution in [0.1, 0.15) is 44.4 Å². The molecule has 0 fully saturated rings. The summed E-state index contributed by atoms with van der Waals surface area (Å²) in [5, 5.41) is 3.90. The summed E-state index contributed by atoms with van der Waals surface area (Å²) in [6.07, 6.45) is 6.32. The molecule has 0 spiro atoms. The Kier molecular flexibility index (Phi) is 5.14. The van der Waals surface area contributed by atoms with E-state index < -0.39 is 0 Å². The molecule has 1 amide bonds. The molecule has 0 aliphatic rings. The normalized spacial score (nSPS) is 12.3. The van der Waals surface area contributed by atoms with Crippen LogP contribution in [0.4, 0.5) is 0 Å². The van der Waals surface area contributed by atoms with Crippen LogP contribution in [0.5, 0.6) is 0 Å². The van der Waals surface area contributed by atoms with Gasteiger partial charge in [-0.3, -0.25) is 4.79 Å². The van der Waals surface area contributed by atoms with Crippen LogP contribution >= 0.6 is 0 Å². The first-order valence-electron chi connectivity index (χ1n) is 7.34. The van der Waals surface area contributed by atoms with Crippen LogP contribution < -0.4 is 0 Å². The van der Waals surface area contributed by atoms with Crippen molar-refractivity contribution in [2.45, 2.75) is 45.7 Å². The molecule has 6 nitrogen and oxygen atoms in total. The van der Waals surface area contributed by atoms with Crippen LogP contribution in [0.3, 0.4) is 0 Å². The van der Waals surface area contributed by atoms with Gasteiger partial charge in [0, 0.05) is 25.9 Å². The molecule has 0 saturated carbocycles. The number of nitrogens with zero attached hydrogens (tertiary/aromatic N) is 4. The quantitative estimate of drug-likeness (QED) is 0.785. The summed E-state index contributed by atoms with van der Waals surface area (Å²) in [6, 6.07) is 3.65. The second-order valence-corrected chi connectivity index (χ2v) is 5.10. The van der Waals surface area contributed by atoms with Gasteiger partial charge in [0.05, 0.1) is 6.54 Å². The molecule has 2 rings (SSSR count). The van der Waals surface area contributed by atoms with E-state index in [1.54, 1.807) is 11.9 Å². The molecule has 2 aromatic heterocycles. The number of aromatic nitrogens is 3. The van der Waals surface area contributed by atoms with E-state index in [1.807, 2.05) is 36.0 Å². The second-order valence-electron chi connectivity index (χ2n) is 5.10. The fourth-order valence-electron chi connectivity index (χ4n) is 2.28. The summed E-state index contributed by atoms with van der Waals surface area (Å²) >= 11 is 0. The molecule has 0 radical (unpaired) electrons. The van der Waals surface area contributed by atoms with Gasteiger partial charge in [-0.15, -0.1) is 0 Å². The van der Waals surface area contributed by atoms with Crippen LogP contribution in [0.25, 0.3) is 0 Å². The lowest BCUT2D eigenvalue weighted by Gasteiger charge is -2.22. The van der Waals surface area contributed by atoms with Crippen molar-refractivity contribution < 1.29 is 9.32 Å². The average Bonchev–Trinajstić information content (AvgIpc) is 3.12. The number of amides is 1. The lowest BCUT2D eigenvalue weighted by Crippen LogP contribution is -2.33. The van der Waals surface area contributed by atoms with Crippen molar-refractivity contribution in [3.8, 4) is 0 Å². The number of aryl methyl sites for hydroxylation is 1. The van der Waals surface area contributed by atoms with Crippen molar-refractivity contribution in [1.29, 1.82) is 0 Å². The highest BCUT2D eigenvalue weighted by Crippen LogP contribution is 2.16. The van der Waals surface area contributed by atoms with Crippen LogP contribution in [0.15, 0.2) is 29.0 Å². The van der Waals surface area contributed by atoms with E-state index in [2.05, 4.69) is 17.1 Å². The summed E-state index contributed by atoms with van der Waals surface area (Å²) in [5.74, 6) is 1.23. The molecule has 6 heteroatoms. The molecular formula is C15H22N4O2. The molecule has 114 valence electrons. The zero-order chi connectivity index (χ0) is 15.2. The largest absolute Gasteiger partial charge is 0.342 e. The number of hydrogen-bond acceptors (Lipinski definition) is 4. The summed E-state index contributed by atoms with van der Waals surface area (Å²) in [7, 11) is 1.76. The van der Waals surface area contributed by atoms with Gasteiger partial charge in [0.1, 0.15) is 6.04 Å². The Balaban J connectivity index is 2.01. The third-order valence-electron chi connectivity index (χ3n) is 3.39. The Morgan fingerprint density at radius 1 is 1.38 bits per heavy atom. The molecule has 0 N–H and O–H groups in total. The fraction of sp³-hybridized carbons (Fsp3) is 0.533. The maximum absolute atomic E-state index is 12.5. The molecule has 0 aliphatic carbocycles. The molecule has 0 saturated heterocycles. The van der Waals surface area contributed by atoms with Gasteiger partial charge in [-0.05, 0) is 25.0 Å². The van der Waals surface area contributed by atoms with Gasteiger partial charge in [-0.25, -0.2) is 0 Å². The molecule has 0 unspecified atom stereocenters. The van der Waals surface area contributed by atoms with E-state index in [1.165, 1.54) is 0 Å². The second kappa shape index (κ2) is 7.06. The summed E-state index contributed by atoms with van der Waals surface area (Å²) in [5.41, 5.74) is 0. The van der Waals surface area contributed by atoms with E-state index in [0.29, 0.717) is 18.3 Å². The van der Waals surface area contributed by atoms with Crippen LogP contribution in [-0.4, -0.2) is 32.6 Å². The van der Waals surface area contributed by atoms with Gasteiger partial charge >= 0.3 is 0 Å². The lowest BCUT2D eigenvalue weighted by atomic mass is 10.2. The van der Waals surface area contributed by atoms with E-state index in [4.69, 9.17) is 4.52 Å². The van der Waals surface area contributed by atoms with E-state index in [9.17, 15) is 4.79 Å². The highest BCUT2D eigenvalue weighted by atomic mass is 16.5. The minimum Gasteiger partial charge on any atom is -0.342 e. The van der Waals surface area contributed by atoms with Gasteiger partial charge in [-0.2, -0.15) is 4.98 Å². The van der Waals surface area contributed by atoms with Gasteiger partial charge in [0.25, 0.3) is 0 Å². The number of carbonyl (C=O) groups is 1. The monoisotopic (exact) mass is 290 g/mol. The number of rotatable bonds is 7. The van der Waals surface area contributed by atoms with E-state index in [-0.39, 0.29) is 11.9 Å². The zero-order valence-corrected chi connectivity index (χ0v) is 12.8. The van der Waals surface area contributed by atoms with Crippen molar-refractivity contribution >= 4 is 5.91 Å². The highest BCUT2D eigenvalue weighted by molar-refractivity contribution is 5.80. The molecule has 2 heterocycles. The molecule has 21 heavy (non-hydrogen) atoms. The molecular weight excluding hydrogens is 268 g/mol. The Morgan fingerprint density at radius 2 is 2.10 bits per heavy atom. The third kappa shape index (κ3) is 3.71. The molecule has 0 aliphatic heterocycles. The number of likely N-dealkylation sites (N-methyl/N-ethyl adjacent to an activating group) is 1. The summed E-state index contributed by atoms with van der Waals surface area (Å²) < 4.78 is 7.11. The third-order valence-corrected chi connectivity index (χ3v) is 3.39. The maximum Gasteiger partial charge on any atom is 0.246 e. The van der Waals surface area contributed by atoms with Crippen molar-refractivity contribution in [1.82, 2.24) is 19.6 Å². The topological polar surface area (TPSA) is 64.2 Å². The van der Waals surface area contributed by atoms with Crippen molar-refractivity contribution in [2.24, 2.45) is 0 Å².